The topological polar surface area (TPSA) is 48.8 Å². The Labute approximate surface area is 101 Å². The van der Waals surface area contributed by atoms with E-state index in [9.17, 15) is 0 Å². The summed E-state index contributed by atoms with van der Waals surface area (Å²) in [6.45, 7) is 0. The van der Waals surface area contributed by atoms with Crippen LogP contribution in [0, 0.1) is 0 Å². The van der Waals surface area contributed by atoms with Crippen molar-refractivity contribution in [1.82, 2.24) is 0 Å². The summed E-state index contributed by atoms with van der Waals surface area (Å²) < 4.78 is 1.11. The van der Waals surface area contributed by atoms with Gasteiger partial charge < -0.3 is 0 Å². The second kappa shape index (κ2) is 4.56. The van der Waals surface area contributed by atoms with Crippen molar-refractivity contribution in [1.29, 1.82) is 0 Å². The molecule has 1 heterocycles. The fraction of sp³-hybridized carbons (Fsp3) is 0.600. The van der Waals surface area contributed by atoms with Gasteiger partial charge in [-0.25, -0.2) is 0 Å². The Balaban J connectivity index is 2.37. The van der Waals surface area contributed by atoms with E-state index in [4.69, 9.17) is 5.53 Å². The van der Waals surface area contributed by atoms with Crippen LogP contribution in [0.2, 0.25) is 0 Å². The molecule has 0 aliphatic heterocycles. The van der Waals surface area contributed by atoms with Crippen molar-refractivity contribution < 1.29 is 0 Å². The fourth-order valence-electron chi connectivity index (χ4n) is 2.18. The molecule has 5 heteroatoms. The highest BCUT2D eigenvalue weighted by molar-refractivity contribution is 9.11. The van der Waals surface area contributed by atoms with E-state index < -0.39 is 0 Å². The second-order valence-electron chi connectivity index (χ2n) is 3.89. The van der Waals surface area contributed by atoms with Crippen LogP contribution in [0.4, 0.5) is 0 Å². The third-order valence-corrected chi connectivity index (χ3v) is 4.77. The van der Waals surface area contributed by atoms with Gasteiger partial charge in [-0.1, -0.05) is 24.4 Å². The zero-order chi connectivity index (χ0) is 10.7. The van der Waals surface area contributed by atoms with Crippen molar-refractivity contribution in [2.24, 2.45) is 5.11 Å². The van der Waals surface area contributed by atoms with Crippen LogP contribution in [0.1, 0.15) is 37.0 Å². The summed E-state index contributed by atoms with van der Waals surface area (Å²) in [5.41, 5.74) is 8.44. The van der Waals surface area contributed by atoms with E-state index in [0.29, 0.717) is 0 Å². The van der Waals surface area contributed by atoms with Gasteiger partial charge >= 0.3 is 0 Å². The second-order valence-corrected chi connectivity index (χ2v) is 6.35. The Hall–Kier alpha value is -0.510. The van der Waals surface area contributed by atoms with E-state index in [1.807, 2.05) is 6.07 Å². The van der Waals surface area contributed by atoms with E-state index in [1.54, 1.807) is 11.3 Å². The van der Waals surface area contributed by atoms with Crippen LogP contribution >= 0.6 is 27.3 Å². The monoisotopic (exact) mass is 285 g/mol. The third-order valence-electron chi connectivity index (χ3n) is 2.95. The third kappa shape index (κ3) is 2.19. The average Bonchev–Trinajstić information content (AvgIpc) is 2.67. The zero-order valence-electron chi connectivity index (χ0n) is 8.32. The van der Waals surface area contributed by atoms with Gasteiger partial charge in [0, 0.05) is 9.79 Å². The minimum Gasteiger partial charge on any atom is -0.133 e. The molecule has 0 amide bonds. The van der Waals surface area contributed by atoms with Gasteiger partial charge in [0.05, 0.1) is 9.33 Å². The Bertz CT molecular complexity index is 389. The molecule has 0 atom stereocenters. The zero-order valence-corrected chi connectivity index (χ0v) is 10.7. The first-order valence-electron chi connectivity index (χ1n) is 5.09. The Morgan fingerprint density at radius 3 is 2.60 bits per heavy atom. The molecular formula is C10H12BrN3S. The Kier molecular flexibility index (Phi) is 3.34. The normalized spacial score (nSPS) is 19.5. The van der Waals surface area contributed by atoms with Gasteiger partial charge in [-0.3, -0.25) is 0 Å². The van der Waals surface area contributed by atoms with Gasteiger partial charge in [0.25, 0.3) is 0 Å². The van der Waals surface area contributed by atoms with Gasteiger partial charge in [-0.2, -0.15) is 0 Å². The summed E-state index contributed by atoms with van der Waals surface area (Å²) in [6.07, 6.45) is 5.56. The summed E-state index contributed by atoms with van der Waals surface area (Å²) in [4.78, 5) is 4.23. The molecule has 0 aromatic carbocycles. The van der Waals surface area contributed by atoms with E-state index in [2.05, 4.69) is 32.0 Å². The molecule has 1 aromatic rings. The first kappa shape index (κ1) is 11.0. The quantitative estimate of drug-likeness (QED) is 0.418. The lowest BCUT2D eigenvalue weighted by Crippen LogP contribution is -2.24. The Morgan fingerprint density at radius 2 is 2.07 bits per heavy atom. The minimum atomic E-state index is -0.260. The van der Waals surface area contributed by atoms with Gasteiger partial charge in [-0.05, 0) is 46.4 Å². The molecule has 1 aliphatic carbocycles. The molecule has 0 unspecified atom stereocenters. The molecule has 2 rings (SSSR count). The lowest BCUT2D eigenvalue weighted by Gasteiger charge is -2.31. The highest BCUT2D eigenvalue weighted by Crippen LogP contribution is 2.44. The summed E-state index contributed by atoms with van der Waals surface area (Å²) in [5.74, 6) is 0. The number of hydrogen-bond acceptors (Lipinski definition) is 2. The molecule has 15 heavy (non-hydrogen) atoms. The predicted octanol–water partition coefficient (Wildman–Crippen LogP) is 4.98. The maximum Gasteiger partial charge on any atom is 0.0831 e. The minimum absolute atomic E-state index is 0.260. The maximum absolute atomic E-state index is 8.70. The average molecular weight is 286 g/mol. The van der Waals surface area contributed by atoms with Crippen LogP contribution in [0.5, 0.6) is 0 Å². The molecule has 80 valence electrons. The molecule has 1 fully saturated rings. The SMILES string of the molecule is [N-]=[N+]=NC1(c2ccc(Br)s2)CCCCC1. The van der Waals surface area contributed by atoms with E-state index in [1.165, 1.54) is 11.3 Å². The molecule has 0 radical (unpaired) electrons. The van der Waals surface area contributed by atoms with Crippen LogP contribution in [0.3, 0.4) is 0 Å². The first-order valence-corrected chi connectivity index (χ1v) is 6.70. The maximum atomic E-state index is 8.70. The van der Waals surface area contributed by atoms with Crippen molar-refractivity contribution in [2.45, 2.75) is 37.6 Å². The molecule has 3 nitrogen and oxygen atoms in total. The van der Waals surface area contributed by atoms with Crippen molar-refractivity contribution in [3.05, 3.63) is 31.2 Å². The summed E-state index contributed by atoms with van der Waals surface area (Å²) in [6, 6.07) is 4.11. The van der Waals surface area contributed by atoms with E-state index in [-0.39, 0.29) is 5.54 Å². The number of thiophene rings is 1. The van der Waals surface area contributed by atoms with Crippen molar-refractivity contribution in [3.8, 4) is 0 Å². The molecular weight excluding hydrogens is 274 g/mol. The van der Waals surface area contributed by atoms with Gasteiger partial charge in [-0.15, -0.1) is 11.3 Å². The van der Waals surface area contributed by atoms with Crippen LogP contribution in [-0.2, 0) is 5.54 Å². The number of hydrogen-bond donors (Lipinski definition) is 0. The van der Waals surface area contributed by atoms with Crippen LogP contribution in [-0.4, -0.2) is 0 Å². The molecule has 0 saturated heterocycles. The predicted molar refractivity (Wildman–Crippen MR) is 65.9 cm³/mol. The Morgan fingerprint density at radius 1 is 1.33 bits per heavy atom. The molecule has 1 aliphatic rings. The summed E-state index contributed by atoms with van der Waals surface area (Å²) in [5, 5.41) is 4.07. The van der Waals surface area contributed by atoms with Crippen LogP contribution < -0.4 is 0 Å². The molecule has 1 aromatic heterocycles. The summed E-state index contributed by atoms with van der Waals surface area (Å²) >= 11 is 5.14. The first-order chi connectivity index (χ1) is 7.27. The lowest BCUT2D eigenvalue weighted by molar-refractivity contribution is 0.307. The molecule has 0 spiro atoms. The molecule has 0 bridgehead atoms. The lowest BCUT2D eigenvalue weighted by atomic mass is 9.81. The van der Waals surface area contributed by atoms with Gasteiger partial charge in [0.2, 0.25) is 0 Å². The number of rotatable bonds is 2. The van der Waals surface area contributed by atoms with Crippen molar-refractivity contribution in [2.75, 3.05) is 0 Å². The van der Waals surface area contributed by atoms with Crippen LogP contribution in [0.15, 0.2) is 21.0 Å². The van der Waals surface area contributed by atoms with Gasteiger partial charge in [0.15, 0.2) is 0 Å². The fourth-order valence-corrected chi connectivity index (χ4v) is 3.75. The summed E-state index contributed by atoms with van der Waals surface area (Å²) in [7, 11) is 0. The number of nitrogens with zero attached hydrogens (tertiary/aromatic N) is 3. The van der Waals surface area contributed by atoms with Crippen molar-refractivity contribution in [3.63, 3.8) is 0 Å². The molecule has 1 saturated carbocycles. The highest BCUT2D eigenvalue weighted by atomic mass is 79.9. The number of azide groups is 1. The van der Waals surface area contributed by atoms with E-state index in [0.717, 1.165) is 29.5 Å². The number of halogens is 1. The van der Waals surface area contributed by atoms with E-state index >= 15 is 0 Å². The smallest absolute Gasteiger partial charge is 0.0831 e. The highest BCUT2D eigenvalue weighted by Gasteiger charge is 2.34. The van der Waals surface area contributed by atoms with Crippen LogP contribution in [0.25, 0.3) is 10.4 Å². The molecule has 0 N–H and O–H groups in total. The largest absolute Gasteiger partial charge is 0.133 e. The standard InChI is InChI=1S/C10H12BrN3S/c11-9-5-4-8(15-9)10(13-14-12)6-2-1-3-7-10/h4-5H,1-3,6-7H2. The van der Waals surface area contributed by atoms with Crippen molar-refractivity contribution >= 4 is 27.3 Å². The van der Waals surface area contributed by atoms with Gasteiger partial charge in [0.1, 0.15) is 0 Å².